The van der Waals surface area contributed by atoms with E-state index in [2.05, 4.69) is 11.6 Å². The first-order valence-corrected chi connectivity index (χ1v) is 6.11. The molecule has 0 saturated heterocycles. The van der Waals surface area contributed by atoms with Crippen LogP contribution in [0.15, 0.2) is 48.0 Å². The van der Waals surface area contributed by atoms with E-state index in [4.69, 9.17) is 4.74 Å². The second kappa shape index (κ2) is 4.94. The van der Waals surface area contributed by atoms with E-state index >= 15 is 0 Å². The molecule has 2 atom stereocenters. The van der Waals surface area contributed by atoms with Crippen LogP contribution in [0.4, 0.5) is 0 Å². The van der Waals surface area contributed by atoms with Gasteiger partial charge in [-0.15, -0.1) is 6.58 Å². The van der Waals surface area contributed by atoms with Gasteiger partial charge < -0.3 is 9.84 Å². The van der Waals surface area contributed by atoms with Gasteiger partial charge >= 0.3 is 0 Å². The summed E-state index contributed by atoms with van der Waals surface area (Å²) < 4.78 is 5.49. The van der Waals surface area contributed by atoms with Crippen molar-refractivity contribution in [1.29, 1.82) is 0 Å². The number of rotatable bonds is 4. The van der Waals surface area contributed by atoms with Gasteiger partial charge in [-0.1, -0.05) is 36.4 Å². The highest BCUT2D eigenvalue weighted by Gasteiger charge is 2.33. The predicted octanol–water partition coefficient (Wildman–Crippen LogP) is 2.52. The molecule has 0 bridgehead atoms. The van der Waals surface area contributed by atoms with E-state index < -0.39 is 6.10 Å². The number of hydrogen-bond donors (Lipinski definition) is 1. The lowest BCUT2D eigenvalue weighted by Crippen LogP contribution is -2.27. The minimum Gasteiger partial charge on any atom is -0.477 e. The van der Waals surface area contributed by atoms with Gasteiger partial charge in [-0.3, -0.25) is 0 Å². The Kier molecular flexibility index (Phi) is 3.53. The Bertz CT molecular complexity index is 451. The minimum atomic E-state index is -0.772. The van der Waals surface area contributed by atoms with Crippen molar-refractivity contribution in [2.45, 2.75) is 31.4 Å². The smallest absolute Gasteiger partial charge is 0.214 e. The average molecular weight is 245 g/mol. The summed E-state index contributed by atoms with van der Waals surface area (Å²) in [5.74, 6) is 0.215. The summed E-state index contributed by atoms with van der Waals surface area (Å²) in [5, 5.41) is 10.4. The SMILES string of the molecule is C=CC(c1ccccc1)C(O)C1=NC(C)(C)CO1. The zero-order valence-electron chi connectivity index (χ0n) is 10.8. The van der Waals surface area contributed by atoms with Crippen molar-refractivity contribution in [2.75, 3.05) is 6.61 Å². The summed E-state index contributed by atoms with van der Waals surface area (Å²) in [7, 11) is 0. The monoisotopic (exact) mass is 245 g/mol. The zero-order valence-corrected chi connectivity index (χ0v) is 10.8. The number of aliphatic hydroxyl groups is 1. The molecule has 0 spiro atoms. The molecule has 0 aromatic heterocycles. The van der Waals surface area contributed by atoms with Gasteiger partial charge in [0, 0.05) is 5.92 Å². The van der Waals surface area contributed by atoms with E-state index in [-0.39, 0.29) is 11.5 Å². The van der Waals surface area contributed by atoms with E-state index in [1.165, 1.54) is 0 Å². The molecule has 18 heavy (non-hydrogen) atoms. The molecule has 1 aliphatic rings. The average Bonchev–Trinajstić information content (AvgIpc) is 2.72. The summed E-state index contributed by atoms with van der Waals surface area (Å²) in [4.78, 5) is 4.41. The maximum Gasteiger partial charge on any atom is 0.214 e. The maximum absolute atomic E-state index is 10.4. The second-order valence-electron chi connectivity index (χ2n) is 5.17. The quantitative estimate of drug-likeness (QED) is 0.828. The van der Waals surface area contributed by atoms with Crippen LogP contribution in [-0.4, -0.2) is 29.3 Å². The molecule has 0 aliphatic carbocycles. The Morgan fingerprint density at radius 2 is 2.06 bits per heavy atom. The van der Waals surface area contributed by atoms with Gasteiger partial charge in [-0.2, -0.15) is 0 Å². The molecule has 1 aromatic carbocycles. The summed E-state index contributed by atoms with van der Waals surface area (Å²) in [5.41, 5.74) is 0.759. The molecule has 0 fully saturated rings. The zero-order chi connectivity index (χ0) is 13.2. The molecule has 0 amide bonds. The molecular formula is C15H19NO2. The van der Waals surface area contributed by atoms with Crippen LogP contribution < -0.4 is 0 Å². The van der Waals surface area contributed by atoms with Gasteiger partial charge in [-0.25, -0.2) is 4.99 Å². The largest absolute Gasteiger partial charge is 0.477 e. The fourth-order valence-corrected chi connectivity index (χ4v) is 2.04. The highest BCUT2D eigenvalue weighted by Crippen LogP contribution is 2.26. The number of aliphatic imine (C=N–C) groups is 1. The van der Waals surface area contributed by atoms with Gasteiger partial charge in [0.05, 0.1) is 5.54 Å². The van der Waals surface area contributed by atoms with Gasteiger partial charge in [0.25, 0.3) is 0 Å². The molecule has 3 nitrogen and oxygen atoms in total. The number of hydrogen-bond acceptors (Lipinski definition) is 3. The first kappa shape index (κ1) is 12.8. The second-order valence-corrected chi connectivity index (χ2v) is 5.17. The molecule has 2 rings (SSSR count). The van der Waals surface area contributed by atoms with Gasteiger partial charge in [-0.05, 0) is 19.4 Å². The Morgan fingerprint density at radius 1 is 1.39 bits per heavy atom. The van der Waals surface area contributed by atoms with Gasteiger partial charge in [0.15, 0.2) is 0 Å². The lowest BCUT2D eigenvalue weighted by molar-refractivity contribution is 0.179. The summed E-state index contributed by atoms with van der Waals surface area (Å²) in [6.45, 7) is 8.28. The van der Waals surface area contributed by atoms with Crippen LogP contribution in [0.5, 0.6) is 0 Å². The van der Waals surface area contributed by atoms with Gasteiger partial charge in [0.2, 0.25) is 5.90 Å². The number of benzene rings is 1. The van der Waals surface area contributed by atoms with Crippen LogP contribution in [0.3, 0.4) is 0 Å². The van der Waals surface area contributed by atoms with Crippen LogP contribution in [0.2, 0.25) is 0 Å². The molecule has 1 heterocycles. The van der Waals surface area contributed by atoms with Crippen molar-refractivity contribution in [3.8, 4) is 0 Å². The summed E-state index contributed by atoms with van der Waals surface area (Å²) in [6, 6.07) is 9.77. The van der Waals surface area contributed by atoms with Crippen molar-refractivity contribution in [1.82, 2.24) is 0 Å². The van der Waals surface area contributed by atoms with Crippen molar-refractivity contribution in [3.05, 3.63) is 48.6 Å². The van der Waals surface area contributed by atoms with Gasteiger partial charge in [0.1, 0.15) is 12.7 Å². The van der Waals surface area contributed by atoms with E-state index in [1.807, 2.05) is 44.2 Å². The molecular weight excluding hydrogens is 226 g/mol. The van der Waals surface area contributed by atoms with Crippen molar-refractivity contribution in [3.63, 3.8) is 0 Å². The summed E-state index contributed by atoms with van der Waals surface area (Å²) >= 11 is 0. The standard InChI is InChI=1S/C15H19NO2/c1-4-12(11-8-6-5-7-9-11)13(17)14-16-15(2,3)10-18-14/h4-9,12-13,17H,1,10H2,2-3H3. The van der Waals surface area contributed by atoms with E-state index in [0.29, 0.717) is 12.5 Å². The first-order chi connectivity index (χ1) is 8.53. The lowest BCUT2D eigenvalue weighted by atomic mass is 9.93. The van der Waals surface area contributed by atoms with Crippen molar-refractivity contribution < 1.29 is 9.84 Å². The number of nitrogens with zero attached hydrogens (tertiary/aromatic N) is 1. The molecule has 0 radical (unpaired) electrons. The Balaban J connectivity index is 2.22. The lowest BCUT2D eigenvalue weighted by Gasteiger charge is -2.19. The van der Waals surface area contributed by atoms with E-state index in [9.17, 15) is 5.11 Å². The van der Waals surface area contributed by atoms with Crippen LogP contribution in [0.25, 0.3) is 0 Å². The third kappa shape index (κ3) is 2.62. The van der Waals surface area contributed by atoms with Crippen LogP contribution in [0.1, 0.15) is 25.3 Å². The molecule has 2 unspecified atom stereocenters. The Hall–Kier alpha value is -1.61. The normalized spacial score (nSPS) is 20.7. The molecule has 1 aromatic rings. The van der Waals surface area contributed by atoms with E-state index in [1.54, 1.807) is 6.08 Å². The molecule has 1 aliphatic heterocycles. The number of aliphatic hydroxyl groups excluding tert-OH is 1. The highest BCUT2D eigenvalue weighted by atomic mass is 16.5. The predicted molar refractivity (Wildman–Crippen MR) is 72.9 cm³/mol. The van der Waals surface area contributed by atoms with Crippen molar-refractivity contribution in [2.24, 2.45) is 4.99 Å². The molecule has 3 heteroatoms. The molecule has 0 saturated carbocycles. The third-order valence-corrected chi connectivity index (χ3v) is 3.02. The first-order valence-electron chi connectivity index (χ1n) is 6.11. The fraction of sp³-hybridized carbons (Fsp3) is 0.400. The topological polar surface area (TPSA) is 41.8 Å². The van der Waals surface area contributed by atoms with E-state index in [0.717, 1.165) is 5.56 Å². The highest BCUT2D eigenvalue weighted by molar-refractivity contribution is 5.84. The van der Waals surface area contributed by atoms with Crippen LogP contribution in [-0.2, 0) is 4.74 Å². The number of ether oxygens (including phenoxy) is 1. The van der Waals surface area contributed by atoms with Crippen LogP contribution in [0, 0.1) is 0 Å². The Morgan fingerprint density at radius 3 is 2.56 bits per heavy atom. The molecule has 1 N–H and O–H groups in total. The Labute approximate surface area is 108 Å². The minimum absolute atomic E-state index is 0.196. The fourth-order valence-electron chi connectivity index (χ4n) is 2.04. The van der Waals surface area contributed by atoms with Crippen molar-refractivity contribution >= 4 is 5.90 Å². The van der Waals surface area contributed by atoms with Crippen LogP contribution >= 0.6 is 0 Å². The summed E-state index contributed by atoms with van der Waals surface area (Å²) in [6.07, 6.45) is 0.962. The maximum atomic E-state index is 10.4. The molecule has 96 valence electrons. The third-order valence-electron chi connectivity index (χ3n) is 3.02.